The molecule has 1 aliphatic rings. The lowest BCUT2D eigenvalue weighted by molar-refractivity contribution is -0.115. The number of carbonyl (C=O) groups is 1. The molecule has 30 heavy (non-hydrogen) atoms. The summed E-state index contributed by atoms with van der Waals surface area (Å²) >= 11 is 7.57. The molecule has 1 aliphatic carbocycles. The number of ether oxygens (including phenoxy) is 1. The monoisotopic (exact) mass is 442 g/mol. The lowest BCUT2D eigenvalue weighted by atomic mass is 10.2. The third kappa shape index (κ3) is 4.79. The average molecular weight is 443 g/mol. The van der Waals surface area contributed by atoms with Crippen LogP contribution in [0.5, 0.6) is 5.75 Å². The van der Waals surface area contributed by atoms with E-state index >= 15 is 0 Å². The van der Waals surface area contributed by atoms with Gasteiger partial charge in [-0.1, -0.05) is 53.7 Å². The van der Waals surface area contributed by atoms with E-state index in [1.54, 1.807) is 25.3 Å². The van der Waals surface area contributed by atoms with E-state index in [4.69, 9.17) is 16.3 Å². The van der Waals surface area contributed by atoms with Gasteiger partial charge in [-0.2, -0.15) is 0 Å². The average Bonchev–Trinajstić information content (AvgIpc) is 3.52. The van der Waals surface area contributed by atoms with Crippen LogP contribution in [-0.4, -0.2) is 33.0 Å². The molecule has 0 spiro atoms. The van der Waals surface area contributed by atoms with Crippen molar-refractivity contribution in [3.8, 4) is 5.75 Å². The highest BCUT2D eigenvalue weighted by molar-refractivity contribution is 8.00. The number of benzene rings is 2. The second kappa shape index (κ2) is 9.10. The van der Waals surface area contributed by atoms with Gasteiger partial charge >= 0.3 is 0 Å². The Morgan fingerprint density at radius 1 is 1.27 bits per heavy atom. The van der Waals surface area contributed by atoms with Crippen molar-refractivity contribution in [1.82, 2.24) is 14.8 Å². The van der Waals surface area contributed by atoms with Crippen LogP contribution < -0.4 is 10.1 Å². The van der Waals surface area contributed by atoms with Gasteiger partial charge in [0.2, 0.25) is 5.91 Å². The molecule has 0 radical (unpaired) electrons. The zero-order valence-electron chi connectivity index (χ0n) is 16.8. The summed E-state index contributed by atoms with van der Waals surface area (Å²) < 4.78 is 7.30. The zero-order chi connectivity index (χ0) is 21.1. The molecule has 6 nitrogen and oxygen atoms in total. The maximum atomic E-state index is 12.7. The standard InChI is InChI=1S/C22H23ClN4O2S/c1-14(21(28)24-17-10-11-19(29-2)18(23)12-17)30-22-26-25-20(16-8-9-16)27(22)13-15-6-4-3-5-7-15/h3-7,10-12,14,16H,8-9,13H2,1-2H3,(H,24,28). The molecule has 1 heterocycles. The molecule has 0 saturated heterocycles. The molecule has 2 aromatic carbocycles. The third-order valence-corrected chi connectivity index (χ3v) is 6.32. The largest absolute Gasteiger partial charge is 0.495 e. The highest BCUT2D eigenvalue weighted by Gasteiger charge is 2.31. The van der Waals surface area contributed by atoms with Crippen molar-refractivity contribution >= 4 is 35.0 Å². The Labute approximate surface area is 185 Å². The molecule has 0 bridgehead atoms. The van der Waals surface area contributed by atoms with Crippen molar-refractivity contribution in [2.75, 3.05) is 12.4 Å². The van der Waals surface area contributed by atoms with E-state index in [1.807, 2.05) is 25.1 Å². The maximum absolute atomic E-state index is 12.7. The molecule has 4 rings (SSSR count). The van der Waals surface area contributed by atoms with E-state index in [2.05, 4.69) is 32.2 Å². The van der Waals surface area contributed by atoms with E-state index in [0.717, 1.165) is 23.8 Å². The molecule has 156 valence electrons. The Kier molecular flexibility index (Phi) is 6.29. The van der Waals surface area contributed by atoms with E-state index in [0.29, 0.717) is 28.9 Å². The summed E-state index contributed by atoms with van der Waals surface area (Å²) in [6.07, 6.45) is 2.29. The number of thioether (sulfide) groups is 1. The Bertz CT molecular complexity index is 1040. The van der Waals surface area contributed by atoms with Crippen molar-refractivity contribution < 1.29 is 9.53 Å². The van der Waals surface area contributed by atoms with Gasteiger partial charge in [0.25, 0.3) is 0 Å². The quantitative estimate of drug-likeness (QED) is 0.498. The Morgan fingerprint density at radius 3 is 2.70 bits per heavy atom. The Balaban J connectivity index is 1.48. The molecule has 1 aromatic heterocycles. The second-order valence-electron chi connectivity index (χ2n) is 7.29. The number of anilines is 1. The number of rotatable bonds is 8. The molecule has 3 aromatic rings. The van der Waals surface area contributed by atoms with Crippen LogP contribution in [-0.2, 0) is 11.3 Å². The van der Waals surface area contributed by atoms with Crippen molar-refractivity contribution in [1.29, 1.82) is 0 Å². The SMILES string of the molecule is COc1ccc(NC(=O)C(C)Sc2nnc(C3CC3)n2Cc2ccccc2)cc1Cl. The van der Waals surface area contributed by atoms with Crippen LogP contribution in [0.25, 0.3) is 0 Å². The normalized spacial score (nSPS) is 14.4. The minimum absolute atomic E-state index is 0.122. The highest BCUT2D eigenvalue weighted by Crippen LogP contribution is 2.40. The van der Waals surface area contributed by atoms with Crippen molar-refractivity contribution in [3.05, 3.63) is 64.9 Å². The number of hydrogen-bond acceptors (Lipinski definition) is 5. The van der Waals surface area contributed by atoms with Crippen LogP contribution >= 0.6 is 23.4 Å². The number of methoxy groups -OCH3 is 1. The summed E-state index contributed by atoms with van der Waals surface area (Å²) in [7, 11) is 1.56. The fraction of sp³-hybridized carbons (Fsp3) is 0.318. The molecule has 1 saturated carbocycles. The van der Waals surface area contributed by atoms with Crippen LogP contribution in [0.3, 0.4) is 0 Å². The summed E-state index contributed by atoms with van der Waals surface area (Å²) in [5.74, 6) is 1.93. The predicted molar refractivity (Wildman–Crippen MR) is 119 cm³/mol. The first-order chi connectivity index (χ1) is 14.5. The Morgan fingerprint density at radius 2 is 2.03 bits per heavy atom. The maximum Gasteiger partial charge on any atom is 0.237 e. The number of carbonyl (C=O) groups excluding carboxylic acids is 1. The van der Waals surface area contributed by atoms with Crippen molar-refractivity contribution in [3.63, 3.8) is 0 Å². The van der Waals surface area contributed by atoms with E-state index in [9.17, 15) is 4.79 Å². The van der Waals surface area contributed by atoms with Gasteiger partial charge < -0.3 is 14.6 Å². The van der Waals surface area contributed by atoms with Gasteiger partial charge in [-0.3, -0.25) is 4.79 Å². The predicted octanol–water partition coefficient (Wildman–Crippen LogP) is 4.99. The number of aromatic nitrogens is 3. The summed E-state index contributed by atoms with van der Waals surface area (Å²) in [6.45, 7) is 2.56. The van der Waals surface area contributed by atoms with E-state index < -0.39 is 0 Å². The van der Waals surface area contributed by atoms with Crippen LogP contribution in [0.2, 0.25) is 5.02 Å². The lowest BCUT2D eigenvalue weighted by Crippen LogP contribution is -2.23. The summed E-state index contributed by atoms with van der Waals surface area (Å²) in [5.41, 5.74) is 1.81. The summed E-state index contributed by atoms with van der Waals surface area (Å²) in [4.78, 5) is 12.7. The van der Waals surface area contributed by atoms with E-state index in [-0.39, 0.29) is 11.2 Å². The molecule has 1 fully saturated rings. The minimum Gasteiger partial charge on any atom is -0.495 e. The second-order valence-corrected chi connectivity index (χ2v) is 9.00. The molecular formula is C22H23ClN4O2S. The van der Waals surface area contributed by atoms with Gasteiger partial charge in [-0.05, 0) is 43.5 Å². The number of amides is 1. The van der Waals surface area contributed by atoms with E-state index in [1.165, 1.54) is 17.3 Å². The van der Waals surface area contributed by atoms with Gasteiger partial charge in [-0.25, -0.2) is 0 Å². The first-order valence-corrected chi connectivity index (χ1v) is 11.1. The first-order valence-electron chi connectivity index (χ1n) is 9.83. The molecule has 1 amide bonds. The Hall–Kier alpha value is -2.51. The molecular weight excluding hydrogens is 420 g/mol. The molecule has 1 atom stereocenters. The highest BCUT2D eigenvalue weighted by atomic mass is 35.5. The summed E-state index contributed by atoms with van der Waals surface area (Å²) in [6, 6.07) is 15.4. The van der Waals surface area contributed by atoms with Crippen LogP contribution in [0.1, 0.15) is 37.1 Å². The van der Waals surface area contributed by atoms with Crippen molar-refractivity contribution in [2.24, 2.45) is 0 Å². The molecule has 1 unspecified atom stereocenters. The number of nitrogens with one attached hydrogen (secondary N) is 1. The number of nitrogens with zero attached hydrogens (tertiary/aromatic N) is 3. The van der Waals surface area contributed by atoms with Crippen LogP contribution in [0.4, 0.5) is 5.69 Å². The minimum atomic E-state index is -0.350. The zero-order valence-corrected chi connectivity index (χ0v) is 18.4. The molecule has 8 heteroatoms. The van der Waals surface area contributed by atoms with Gasteiger partial charge in [0.1, 0.15) is 11.6 Å². The fourth-order valence-electron chi connectivity index (χ4n) is 3.15. The van der Waals surface area contributed by atoms with Gasteiger partial charge in [0.05, 0.1) is 23.9 Å². The number of hydrogen-bond donors (Lipinski definition) is 1. The smallest absolute Gasteiger partial charge is 0.237 e. The first kappa shape index (κ1) is 20.8. The van der Waals surface area contributed by atoms with Crippen LogP contribution in [0, 0.1) is 0 Å². The van der Waals surface area contributed by atoms with Crippen LogP contribution in [0.15, 0.2) is 53.7 Å². The van der Waals surface area contributed by atoms with Gasteiger partial charge in [0, 0.05) is 11.6 Å². The molecule has 0 aliphatic heterocycles. The third-order valence-electron chi connectivity index (χ3n) is 4.94. The lowest BCUT2D eigenvalue weighted by Gasteiger charge is -2.14. The molecule has 1 N–H and O–H groups in total. The topological polar surface area (TPSA) is 69.0 Å². The van der Waals surface area contributed by atoms with Crippen molar-refractivity contribution in [2.45, 2.75) is 42.6 Å². The fourth-order valence-corrected chi connectivity index (χ4v) is 4.26. The van der Waals surface area contributed by atoms with Gasteiger partial charge in [-0.15, -0.1) is 10.2 Å². The number of halogens is 1. The van der Waals surface area contributed by atoms with Gasteiger partial charge in [0.15, 0.2) is 5.16 Å². The summed E-state index contributed by atoms with van der Waals surface area (Å²) in [5, 5.41) is 12.6.